The molecular formula is C14H23NO4S. The van der Waals surface area contributed by atoms with Crippen LogP contribution in [0.25, 0.3) is 0 Å². The van der Waals surface area contributed by atoms with Crippen LogP contribution in [0.4, 0.5) is 0 Å². The van der Waals surface area contributed by atoms with E-state index in [4.69, 9.17) is 4.55 Å². The molecule has 0 radical (unpaired) electrons. The molecule has 4 fully saturated rings. The third kappa shape index (κ3) is 2.86. The van der Waals surface area contributed by atoms with Crippen LogP contribution in [-0.4, -0.2) is 31.2 Å². The second-order valence-corrected chi connectivity index (χ2v) is 8.67. The van der Waals surface area contributed by atoms with E-state index in [0.29, 0.717) is 6.54 Å². The minimum atomic E-state index is -3.92. The van der Waals surface area contributed by atoms with Gasteiger partial charge in [0.2, 0.25) is 5.91 Å². The van der Waals surface area contributed by atoms with Gasteiger partial charge < -0.3 is 5.32 Å². The predicted octanol–water partition coefficient (Wildman–Crippen LogP) is 1.60. The van der Waals surface area contributed by atoms with Crippen molar-refractivity contribution in [3.8, 4) is 0 Å². The van der Waals surface area contributed by atoms with E-state index in [2.05, 4.69) is 5.32 Å². The van der Waals surface area contributed by atoms with Gasteiger partial charge in [-0.15, -0.1) is 0 Å². The Labute approximate surface area is 120 Å². The first-order valence-corrected chi connectivity index (χ1v) is 9.21. The van der Waals surface area contributed by atoms with Gasteiger partial charge in [0.25, 0.3) is 10.1 Å². The molecule has 0 aliphatic heterocycles. The van der Waals surface area contributed by atoms with Gasteiger partial charge in [-0.2, -0.15) is 8.42 Å². The number of amides is 1. The molecule has 4 aliphatic carbocycles. The molecule has 114 valence electrons. The third-order valence-corrected chi connectivity index (χ3v) is 6.19. The van der Waals surface area contributed by atoms with E-state index in [9.17, 15) is 13.2 Å². The number of rotatable bonds is 5. The Morgan fingerprint density at radius 2 is 1.60 bits per heavy atom. The van der Waals surface area contributed by atoms with Crippen LogP contribution in [0.3, 0.4) is 0 Å². The van der Waals surface area contributed by atoms with Gasteiger partial charge in [0.05, 0.1) is 5.75 Å². The van der Waals surface area contributed by atoms with Gasteiger partial charge in [-0.25, -0.2) is 0 Å². The Bertz CT molecular complexity index is 464. The zero-order valence-corrected chi connectivity index (χ0v) is 12.5. The van der Waals surface area contributed by atoms with E-state index in [1.807, 2.05) is 0 Å². The van der Waals surface area contributed by atoms with E-state index >= 15 is 0 Å². The number of carbonyl (C=O) groups excluding carboxylic acids is 1. The fraction of sp³-hybridized carbons (Fsp3) is 0.929. The number of nitrogens with one attached hydrogen (secondary N) is 1. The summed E-state index contributed by atoms with van der Waals surface area (Å²) in [5, 5.41) is 2.90. The standard InChI is InChI=1S/C14H23NO4S/c16-13(15-2-1-3-20(17,18)19)14-7-10-4-11(8-14)6-12(5-10)9-14/h10-12H,1-9H2,(H,15,16)(H,17,18,19). The van der Waals surface area contributed by atoms with Gasteiger partial charge in [-0.3, -0.25) is 9.35 Å². The van der Waals surface area contributed by atoms with Crippen molar-refractivity contribution < 1.29 is 17.8 Å². The van der Waals surface area contributed by atoms with Gasteiger partial charge >= 0.3 is 0 Å². The molecule has 0 aromatic heterocycles. The van der Waals surface area contributed by atoms with Crippen molar-refractivity contribution >= 4 is 16.0 Å². The summed E-state index contributed by atoms with van der Waals surface area (Å²) in [4.78, 5) is 12.5. The van der Waals surface area contributed by atoms with Crippen LogP contribution in [0.2, 0.25) is 0 Å². The predicted molar refractivity (Wildman–Crippen MR) is 74.6 cm³/mol. The first-order chi connectivity index (χ1) is 9.36. The molecule has 0 aromatic carbocycles. The summed E-state index contributed by atoms with van der Waals surface area (Å²) < 4.78 is 30.0. The summed E-state index contributed by atoms with van der Waals surface area (Å²) in [6, 6.07) is 0. The van der Waals surface area contributed by atoms with E-state index in [1.165, 1.54) is 19.3 Å². The Balaban J connectivity index is 1.55. The Hall–Kier alpha value is -0.620. The molecule has 4 aliphatic rings. The average molecular weight is 301 g/mol. The van der Waals surface area contributed by atoms with Gasteiger partial charge in [-0.1, -0.05) is 0 Å². The van der Waals surface area contributed by atoms with Crippen LogP contribution in [-0.2, 0) is 14.9 Å². The normalized spacial score (nSPS) is 39.0. The fourth-order valence-corrected chi connectivity index (χ4v) is 5.54. The molecule has 4 saturated carbocycles. The summed E-state index contributed by atoms with van der Waals surface area (Å²) in [5.41, 5.74) is -0.174. The average Bonchev–Trinajstić information content (AvgIpc) is 2.31. The highest BCUT2D eigenvalue weighted by molar-refractivity contribution is 7.85. The lowest BCUT2D eigenvalue weighted by Gasteiger charge is -2.55. The number of hydrogen-bond donors (Lipinski definition) is 2. The van der Waals surface area contributed by atoms with Crippen molar-refractivity contribution in [2.75, 3.05) is 12.3 Å². The second kappa shape index (κ2) is 4.98. The Morgan fingerprint density at radius 1 is 1.10 bits per heavy atom. The maximum Gasteiger partial charge on any atom is 0.264 e. The van der Waals surface area contributed by atoms with Crippen LogP contribution in [0, 0.1) is 23.2 Å². The van der Waals surface area contributed by atoms with Crippen molar-refractivity contribution in [1.29, 1.82) is 0 Å². The summed E-state index contributed by atoms with van der Waals surface area (Å²) in [5.74, 6) is 2.01. The molecule has 0 spiro atoms. The molecule has 4 bridgehead atoms. The van der Waals surface area contributed by atoms with Gasteiger partial charge in [0.1, 0.15) is 0 Å². The SMILES string of the molecule is O=C(NCCCS(=O)(=O)O)C12CC3CC(CC(C3)C1)C2. The topological polar surface area (TPSA) is 83.5 Å². The molecule has 5 nitrogen and oxygen atoms in total. The third-order valence-electron chi connectivity index (χ3n) is 5.38. The van der Waals surface area contributed by atoms with Gasteiger partial charge in [0.15, 0.2) is 0 Å². The first kappa shape index (κ1) is 14.3. The molecule has 1 amide bonds. The van der Waals surface area contributed by atoms with Crippen LogP contribution in [0.15, 0.2) is 0 Å². The summed E-state index contributed by atoms with van der Waals surface area (Å²) in [6.45, 7) is 0.334. The van der Waals surface area contributed by atoms with E-state index in [1.54, 1.807) is 0 Å². The molecule has 0 aromatic rings. The Kier molecular flexibility index (Phi) is 3.57. The monoisotopic (exact) mass is 301 g/mol. The molecule has 0 saturated heterocycles. The maximum absolute atomic E-state index is 12.5. The van der Waals surface area contributed by atoms with E-state index in [-0.39, 0.29) is 23.5 Å². The molecular weight excluding hydrogens is 278 g/mol. The minimum absolute atomic E-state index is 0.118. The van der Waals surface area contributed by atoms with Crippen LogP contribution in [0.1, 0.15) is 44.9 Å². The Morgan fingerprint density at radius 3 is 2.05 bits per heavy atom. The smallest absolute Gasteiger partial charge is 0.264 e. The second-order valence-electron chi connectivity index (χ2n) is 7.09. The zero-order chi connectivity index (χ0) is 14.4. The first-order valence-electron chi connectivity index (χ1n) is 7.60. The summed E-state index contributed by atoms with van der Waals surface area (Å²) in [7, 11) is -3.92. The van der Waals surface area contributed by atoms with Crippen molar-refractivity contribution in [1.82, 2.24) is 5.32 Å². The quantitative estimate of drug-likeness (QED) is 0.597. The van der Waals surface area contributed by atoms with Crippen molar-refractivity contribution in [3.63, 3.8) is 0 Å². The molecule has 6 heteroatoms. The molecule has 0 heterocycles. The van der Waals surface area contributed by atoms with Crippen LogP contribution < -0.4 is 5.32 Å². The van der Waals surface area contributed by atoms with Crippen LogP contribution in [0.5, 0.6) is 0 Å². The summed E-state index contributed by atoms with van der Waals surface area (Å²) >= 11 is 0. The highest BCUT2D eigenvalue weighted by Crippen LogP contribution is 2.60. The number of carbonyl (C=O) groups is 1. The van der Waals surface area contributed by atoms with Crippen LogP contribution >= 0.6 is 0 Å². The molecule has 2 N–H and O–H groups in total. The van der Waals surface area contributed by atoms with Gasteiger partial charge in [0, 0.05) is 12.0 Å². The van der Waals surface area contributed by atoms with E-state index in [0.717, 1.165) is 37.0 Å². The number of hydrogen-bond acceptors (Lipinski definition) is 3. The lowest BCUT2D eigenvalue weighted by molar-refractivity contribution is -0.146. The lowest BCUT2D eigenvalue weighted by atomic mass is 9.49. The van der Waals surface area contributed by atoms with E-state index < -0.39 is 10.1 Å². The summed E-state index contributed by atoms with van der Waals surface area (Å²) in [6.07, 6.45) is 7.23. The zero-order valence-electron chi connectivity index (χ0n) is 11.7. The molecule has 20 heavy (non-hydrogen) atoms. The lowest BCUT2D eigenvalue weighted by Crippen LogP contribution is -2.53. The molecule has 0 atom stereocenters. The highest BCUT2D eigenvalue weighted by Gasteiger charge is 2.54. The molecule has 0 unspecified atom stereocenters. The molecule has 4 rings (SSSR count). The van der Waals surface area contributed by atoms with Gasteiger partial charge in [-0.05, 0) is 62.7 Å². The minimum Gasteiger partial charge on any atom is -0.356 e. The largest absolute Gasteiger partial charge is 0.356 e. The van der Waals surface area contributed by atoms with Crippen molar-refractivity contribution in [2.24, 2.45) is 23.2 Å². The fourth-order valence-electron chi connectivity index (χ4n) is 5.03. The highest BCUT2D eigenvalue weighted by atomic mass is 32.2. The van der Waals surface area contributed by atoms with Crippen molar-refractivity contribution in [3.05, 3.63) is 0 Å². The maximum atomic E-state index is 12.5. The van der Waals surface area contributed by atoms with Crippen molar-refractivity contribution in [2.45, 2.75) is 44.9 Å².